The van der Waals surface area contributed by atoms with Crippen LogP contribution in [0.25, 0.3) is 44.5 Å². The maximum atomic E-state index is 8.15. The molecular weight excluding hydrogens is 687 g/mol. The zero-order valence-corrected chi connectivity index (χ0v) is 32.3. The van der Waals surface area contributed by atoms with E-state index in [2.05, 4.69) is 176 Å². The molecule has 0 unspecified atom stereocenters. The average Bonchev–Trinajstić information content (AvgIpc) is 3.84. The number of anilines is 3. The number of benzene rings is 8. The first kappa shape index (κ1) is 28.0. The van der Waals surface area contributed by atoms with Crippen LogP contribution < -0.4 is 4.90 Å². The van der Waals surface area contributed by atoms with E-state index in [4.69, 9.17) is 8.22 Å². The zero-order valence-electron chi connectivity index (χ0n) is 38.3. The lowest BCUT2D eigenvalue weighted by Crippen LogP contribution is -2.26. The largest absolute Gasteiger partial charge is 0.310 e. The van der Waals surface area contributed by atoms with Crippen molar-refractivity contribution in [3.05, 3.63) is 221 Å². The molecule has 1 nitrogen and oxygen atoms in total. The van der Waals surface area contributed by atoms with Gasteiger partial charge < -0.3 is 4.90 Å². The third-order valence-corrected chi connectivity index (χ3v) is 13.0. The first-order chi connectivity index (χ1) is 30.2. The highest BCUT2D eigenvalue weighted by atomic mass is 15.1. The lowest BCUT2D eigenvalue weighted by Gasteiger charge is -2.32. The molecule has 0 radical (unpaired) electrons. The van der Waals surface area contributed by atoms with Crippen LogP contribution in [0.2, 0.25) is 0 Å². The van der Waals surface area contributed by atoms with Gasteiger partial charge in [-0.1, -0.05) is 180 Å². The van der Waals surface area contributed by atoms with Crippen molar-refractivity contribution in [3.8, 4) is 44.5 Å². The van der Waals surface area contributed by atoms with Gasteiger partial charge in [0, 0.05) is 30.7 Å². The molecule has 0 saturated carbocycles. The Morgan fingerprint density at radius 3 is 1.30 bits per heavy atom. The Morgan fingerprint density at radius 2 is 0.789 bits per heavy atom. The first-order valence-corrected chi connectivity index (χ1v) is 19.8. The Kier molecular flexibility index (Phi) is 5.92. The molecule has 11 rings (SSSR count). The molecule has 8 aromatic rings. The lowest BCUT2D eigenvalue weighted by atomic mass is 9.70. The number of nitrogens with zero attached hydrogens (tertiary/aromatic N) is 1. The summed E-state index contributed by atoms with van der Waals surface area (Å²) in [5.74, 6) is 0. The zero-order chi connectivity index (χ0) is 43.7. The van der Waals surface area contributed by atoms with Crippen LogP contribution in [-0.4, -0.2) is 0 Å². The molecule has 274 valence electrons. The topological polar surface area (TPSA) is 3.24 Å². The highest BCUT2D eigenvalue weighted by molar-refractivity contribution is 5.96. The van der Waals surface area contributed by atoms with Gasteiger partial charge in [0.15, 0.2) is 0 Å². The summed E-state index contributed by atoms with van der Waals surface area (Å²) in [4.78, 5) is 2.37. The fourth-order valence-corrected chi connectivity index (χ4v) is 10.3. The van der Waals surface area contributed by atoms with E-state index in [-0.39, 0.29) is 11.0 Å². The van der Waals surface area contributed by atoms with Crippen molar-refractivity contribution in [3.63, 3.8) is 0 Å². The van der Waals surface area contributed by atoms with E-state index < -0.39 is 24.5 Å². The van der Waals surface area contributed by atoms with E-state index in [1.807, 2.05) is 12.1 Å². The Balaban J connectivity index is 1.08. The molecule has 1 spiro atoms. The van der Waals surface area contributed by atoms with Crippen molar-refractivity contribution < 1.29 is 8.22 Å². The molecule has 0 bridgehead atoms. The molecule has 0 heterocycles. The second-order valence-corrected chi connectivity index (χ2v) is 16.6. The van der Waals surface area contributed by atoms with Crippen molar-refractivity contribution in [2.24, 2.45) is 0 Å². The summed E-state index contributed by atoms with van der Waals surface area (Å²) in [6, 6.07) is 64.7. The Bertz CT molecular complexity index is 3060. The van der Waals surface area contributed by atoms with E-state index in [1.54, 1.807) is 12.1 Å². The second-order valence-electron chi connectivity index (χ2n) is 16.6. The van der Waals surface area contributed by atoms with Gasteiger partial charge in [0.1, 0.15) is 0 Å². The van der Waals surface area contributed by atoms with Gasteiger partial charge in [-0.15, -0.1) is 0 Å². The standard InChI is InChI=1S/C56H45N/c1-54(2,3)38-26-22-36(23-27-38)37-24-28-39(29-25-37)57(40-30-32-46-42-14-6-10-18-48(42)55(4,5)52(46)34-40)41-31-33-47-45-17-9-13-21-51(45)56(53(47)35-41)49-19-11-7-15-43(49)44-16-8-12-20-50(44)56/h6-35H,1-5H3/i1D3,2D3. The SMILES string of the molecule is [2H]C([2H])([2H])C(C)(c1ccc(-c2ccc(N(c3ccc4c(c3)C(C)(C)c3ccccc3-4)c3ccc4c(c3)C3(c5ccccc5-c5ccccc53)c3ccccc3-4)cc2)cc1)C([2H])([2H])[2H]. The highest BCUT2D eigenvalue weighted by Crippen LogP contribution is 2.63. The molecule has 0 saturated heterocycles. The number of rotatable bonds is 4. The lowest BCUT2D eigenvalue weighted by molar-refractivity contribution is 0.590. The average molecular weight is 738 g/mol. The quantitative estimate of drug-likeness (QED) is 0.174. The minimum Gasteiger partial charge on any atom is -0.310 e. The van der Waals surface area contributed by atoms with Gasteiger partial charge in [0.25, 0.3) is 0 Å². The normalized spacial score (nSPS) is 16.7. The van der Waals surface area contributed by atoms with Gasteiger partial charge in [-0.2, -0.15) is 0 Å². The Labute approximate surface area is 345 Å². The molecule has 0 aromatic heterocycles. The Hall–Kier alpha value is -6.44. The summed E-state index contributed by atoms with van der Waals surface area (Å²) in [5, 5.41) is 0. The summed E-state index contributed by atoms with van der Waals surface area (Å²) in [7, 11) is 0. The summed E-state index contributed by atoms with van der Waals surface area (Å²) >= 11 is 0. The van der Waals surface area contributed by atoms with E-state index in [1.165, 1.54) is 73.7 Å². The molecule has 8 aromatic carbocycles. The van der Waals surface area contributed by atoms with Crippen LogP contribution in [0.1, 0.15) is 81.6 Å². The molecule has 57 heavy (non-hydrogen) atoms. The van der Waals surface area contributed by atoms with Crippen LogP contribution >= 0.6 is 0 Å². The molecule has 0 amide bonds. The molecule has 0 fully saturated rings. The fraction of sp³-hybridized carbons (Fsp3) is 0.143. The van der Waals surface area contributed by atoms with Crippen LogP contribution in [0.5, 0.6) is 0 Å². The van der Waals surface area contributed by atoms with Crippen molar-refractivity contribution in [2.75, 3.05) is 4.90 Å². The van der Waals surface area contributed by atoms with Gasteiger partial charge in [-0.25, -0.2) is 0 Å². The summed E-state index contributed by atoms with van der Waals surface area (Å²) in [6.07, 6.45) is 0. The molecule has 0 N–H and O–H groups in total. The van der Waals surface area contributed by atoms with Crippen LogP contribution in [0.4, 0.5) is 17.1 Å². The summed E-state index contributed by atoms with van der Waals surface area (Å²) in [6.45, 7) is 0.510. The maximum Gasteiger partial charge on any atom is 0.0726 e. The van der Waals surface area contributed by atoms with Crippen molar-refractivity contribution in [1.82, 2.24) is 0 Å². The van der Waals surface area contributed by atoms with Crippen LogP contribution in [-0.2, 0) is 16.2 Å². The molecular formula is C56H45N. The fourth-order valence-electron chi connectivity index (χ4n) is 10.3. The van der Waals surface area contributed by atoms with E-state index in [0.717, 1.165) is 28.2 Å². The smallest absolute Gasteiger partial charge is 0.0726 e. The van der Waals surface area contributed by atoms with Crippen molar-refractivity contribution in [1.29, 1.82) is 0 Å². The monoisotopic (exact) mass is 737 g/mol. The summed E-state index contributed by atoms with van der Waals surface area (Å²) < 4.78 is 48.9. The third kappa shape index (κ3) is 4.75. The molecule has 1 heteroatoms. The highest BCUT2D eigenvalue weighted by Gasteiger charge is 2.51. The van der Waals surface area contributed by atoms with Gasteiger partial charge in [0.2, 0.25) is 0 Å². The van der Waals surface area contributed by atoms with Crippen LogP contribution in [0.15, 0.2) is 182 Å². The van der Waals surface area contributed by atoms with Gasteiger partial charge >= 0.3 is 0 Å². The van der Waals surface area contributed by atoms with Crippen LogP contribution in [0.3, 0.4) is 0 Å². The first-order valence-electron chi connectivity index (χ1n) is 22.8. The number of hydrogen-bond acceptors (Lipinski definition) is 1. The van der Waals surface area contributed by atoms with Crippen molar-refractivity contribution in [2.45, 2.75) is 50.7 Å². The molecule has 3 aliphatic carbocycles. The van der Waals surface area contributed by atoms with Crippen LogP contribution in [0, 0.1) is 0 Å². The molecule has 0 atom stereocenters. The molecule has 3 aliphatic rings. The molecule has 0 aliphatic heterocycles. The minimum absolute atomic E-state index is 0.195. The number of hydrogen-bond donors (Lipinski definition) is 0. The van der Waals surface area contributed by atoms with E-state index in [0.29, 0.717) is 0 Å². The summed E-state index contributed by atoms with van der Waals surface area (Å²) in [5.41, 5.74) is 17.8. The van der Waals surface area contributed by atoms with Gasteiger partial charge in [0.05, 0.1) is 5.41 Å². The van der Waals surface area contributed by atoms with Gasteiger partial charge in [-0.3, -0.25) is 0 Å². The van der Waals surface area contributed by atoms with Crippen molar-refractivity contribution >= 4 is 17.1 Å². The van der Waals surface area contributed by atoms with Gasteiger partial charge in [-0.05, 0) is 125 Å². The predicted octanol–water partition coefficient (Wildman–Crippen LogP) is 14.8. The third-order valence-electron chi connectivity index (χ3n) is 13.0. The van der Waals surface area contributed by atoms with E-state index in [9.17, 15) is 0 Å². The second kappa shape index (κ2) is 12.0. The number of fused-ring (bicyclic) bond motifs is 13. The van der Waals surface area contributed by atoms with E-state index >= 15 is 0 Å². The predicted molar refractivity (Wildman–Crippen MR) is 239 cm³/mol. The maximum absolute atomic E-state index is 8.15. The Morgan fingerprint density at radius 1 is 0.404 bits per heavy atom. The minimum atomic E-state index is -2.72.